The molecule has 0 aromatic rings. The van der Waals surface area contributed by atoms with E-state index in [2.05, 4.69) is 3.07 Å². The summed E-state index contributed by atoms with van der Waals surface area (Å²) in [4.78, 5) is 12.3. The monoisotopic (exact) mass is 257 g/mol. The minimum absolute atomic E-state index is 0.210. The third-order valence-electron chi connectivity index (χ3n) is 1.52. The van der Waals surface area contributed by atoms with Gasteiger partial charge in [-0.15, -0.1) is 0 Å². The van der Waals surface area contributed by atoms with Crippen molar-refractivity contribution >= 4 is 29.1 Å². The van der Waals surface area contributed by atoms with Gasteiger partial charge >= 0.3 is 6.09 Å². The molecule has 0 atom stereocenters. The highest BCUT2D eigenvalue weighted by Crippen LogP contribution is 2.10. The summed E-state index contributed by atoms with van der Waals surface area (Å²) >= 11 is 1.57. The lowest BCUT2D eigenvalue weighted by molar-refractivity contribution is -0.0456. The first kappa shape index (κ1) is 8.06. The first-order chi connectivity index (χ1) is 4.75. The average molecular weight is 257 g/mol. The summed E-state index contributed by atoms with van der Waals surface area (Å²) < 4.78 is 9.37. The molecule has 0 aromatic heterocycles. The van der Waals surface area contributed by atoms with Gasteiger partial charge in [-0.3, -0.25) is 0 Å². The van der Waals surface area contributed by atoms with Gasteiger partial charge in [0.1, 0.15) is 0 Å². The molecule has 1 aliphatic rings. The van der Waals surface area contributed by atoms with E-state index < -0.39 is 0 Å². The van der Waals surface area contributed by atoms with Crippen molar-refractivity contribution in [2.75, 3.05) is 20.3 Å². The number of hydrogen-bond donors (Lipinski definition) is 0. The average Bonchev–Trinajstić information content (AvgIpc) is 1.82. The van der Waals surface area contributed by atoms with Crippen molar-refractivity contribution in [3.05, 3.63) is 0 Å². The van der Waals surface area contributed by atoms with Crippen LogP contribution in [0.5, 0.6) is 0 Å². The second-order valence-electron chi connectivity index (χ2n) is 2.15. The molecule has 0 radical (unpaired) electrons. The van der Waals surface area contributed by atoms with E-state index >= 15 is 0 Å². The summed E-state index contributed by atoms with van der Waals surface area (Å²) in [7, 11) is 1.70. The molecule has 0 bridgehead atoms. The molecule has 0 saturated carbocycles. The van der Waals surface area contributed by atoms with Crippen molar-refractivity contribution in [2.24, 2.45) is 0 Å². The predicted octanol–water partition coefficient (Wildman–Crippen LogP) is 0.804. The zero-order valence-corrected chi connectivity index (χ0v) is 7.70. The van der Waals surface area contributed by atoms with Crippen LogP contribution in [-0.2, 0) is 7.80 Å². The predicted molar refractivity (Wildman–Crippen MR) is 42.9 cm³/mol. The Morgan fingerprint density at radius 1 is 1.80 bits per heavy atom. The Bertz CT molecular complexity index is 137. The summed E-state index contributed by atoms with van der Waals surface area (Å²) in [6, 6.07) is 0.210. The second-order valence-corrected chi connectivity index (χ2v) is 2.59. The quantitative estimate of drug-likeness (QED) is 0.652. The maximum atomic E-state index is 10.8. The minimum Gasteiger partial charge on any atom is -0.378 e. The number of ether oxygens (including phenoxy) is 1. The lowest BCUT2D eigenvalue weighted by atomic mass is 10.2. The topological polar surface area (TPSA) is 38.8 Å². The molecule has 0 unspecified atom stereocenters. The fourth-order valence-electron chi connectivity index (χ4n) is 0.650. The molecule has 4 nitrogen and oxygen atoms in total. The standard InChI is InChI=1S/C5H8INO3/c1-7(5(8)10-6)4-2-9-3-4/h4H,2-3H2,1H3. The number of rotatable bonds is 1. The van der Waals surface area contributed by atoms with Crippen LogP contribution in [0.4, 0.5) is 4.79 Å². The summed E-state index contributed by atoms with van der Waals surface area (Å²) in [5.41, 5.74) is 0. The molecule has 1 amide bonds. The van der Waals surface area contributed by atoms with Crippen LogP contribution < -0.4 is 0 Å². The van der Waals surface area contributed by atoms with Crippen LogP contribution in [0.25, 0.3) is 0 Å². The van der Waals surface area contributed by atoms with Gasteiger partial charge in [0.25, 0.3) is 0 Å². The molecule has 1 rings (SSSR count). The first-order valence-electron chi connectivity index (χ1n) is 2.89. The second kappa shape index (κ2) is 3.38. The van der Waals surface area contributed by atoms with Gasteiger partial charge in [-0.1, -0.05) is 0 Å². The first-order valence-corrected chi connectivity index (χ1v) is 3.77. The van der Waals surface area contributed by atoms with E-state index in [1.807, 2.05) is 0 Å². The van der Waals surface area contributed by atoms with E-state index in [0.29, 0.717) is 13.2 Å². The zero-order chi connectivity index (χ0) is 7.56. The summed E-state index contributed by atoms with van der Waals surface area (Å²) in [6.07, 6.45) is -0.311. The highest BCUT2D eigenvalue weighted by molar-refractivity contribution is 14.1. The van der Waals surface area contributed by atoms with Crippen LogP contribution in [0, 0.1) is 0 Å². The molecular formula is C5H8INO3. The maximum absolute atomic E-state index is 10.8. The van der Waals surface area contributed by atoms with Crippen molar-refractivity contribution in [3.63, 3.8) is 0 Å². The van der Waals surface area contributed by atoms with Crippen molar-refractivity contribution in [1.82, 2.24) is 4.90 Å². The zero-order valence-electron chi connectivity index (χ0n) is 5.54. The van der Waals surface area contributed by atoms with Crippen LogP contribution in [0.1, 0.15) is 0 Å². The fourth-order valence-corrected chi connectivity index (χ4v) is 0.961. The Balaban J connectivity index is 2.31. The third-order valence-corrected chi connectivity index (χ3v) is 1.90. The Hall–Kier alpha value is -0.0400. The Labute approximate surface area is 73.2 Å². The van der Waals surface area contributed by atoms with Gasteiger partial charge < -0.3 is 12.7 Å². The molecule has 1 aliphatic heterocycles. The van der Waals surface area contributed by atoms with Crippen LogP contribution in [-0.4, -0.2) is 37.3 Å². The molecule has 0 aromatic carbocycles. The molecule has 1 saturated heterocycles. The number of carbonyl (C=O) groups is 1. The van der Waals surface area contributed by atoms with E-state index in [1.54, 1.807) is 30.1 Å². The molecule has 0 N–H and O–H groups in total. The Morgan fingerprint density at radius 3 is 2.70 bits per heavy atom. The van der Waals surface area contributed by atoms with Gasteiger partial charge in [-0.05, 0) is 0 Å². The van der Waals surface area contributed by atoms with Crippen LogP contribution in [0.2, 0.25) is 0 Å². The number of carbonyl (C=O) groups excluding carboxylic acids is 1. The van der Waals surface area contributed by atoms with E-state index in [4.69, 9.17) is 4.74 Å². The number of likely N-dealkylation sites (N-methyl/N-ethyl adjacent to an activating group) is 1. The van der Waals surface area contributed by atoms with Crippen LogP contribution >= 0.6 is 23.0 Å². The smallest absolute Gasteiger partial charge is 0.378 e. The third kappa shape index (κ3) is 1.51. The van der Waals surface area contributed by atoms with Crippen molar-refractivity contribution in [2.45, 2.75) is 6.04 Å². The van der Waals surface area contributed by atoms with Gasteiger partial charge in [0.05, 0.1) is 19.3 Å². The lowest BCUT2D eigenvalue weighted by Gasteiger charge is -2.32. The number of nitrogens with zero attached hydrogens (tertiary/aromatic N) is 1. The van der Waals surface area contributed by atoms with E-state index in [9.17, 15) is 4.79 Å². The number of amides is 1. The van der Waals surface area contributed by atoms with Crippen LogP contribution in [0.15, 0.2) is 0 Å². The molecule has 0 spiro atoms. The highest BCUT2D eigenvalue weighted by atomic mass is 127. The van der Waals surface area contributed by atoms with Crippen LogP contribution in [0.3, 0.4) is 0 Å². The summed E-state index contributed by atoms with van der Waals surface area (Å²) in [6.45, 7) is 1.25. The van der Waals surface area contributed by atoms with Gasteiger partial charge in [0, 0.05) is 7.05 Å². The van der Waals surface area contributed by atoms with Gasteiger partial charge in [-0.25, -0.2) is 4.79 Å². The molecular weight excluding hydrogens is 249 g/mol. The van der Waals surface area contributed by atoms with Crippen molar-refractivity contribution in [1.29, 1.82) is 0 Å². The van der Waals surface area contributed by atoms with Crippen molar-refractivity contribution in [3.8, 4) is 0 Å². The SMILES string of the molecule is CN(C(=O)OI)C1COC1. The summed E-state index contributed by atoms with van der Waals surface area (Å²) in [5.74, 6) is 0. The molecule has 58 valence electrons. The molecule has 10 heavy (non-hydrogen) atoms. The van der Waals surface area contributed by atoms with E-state index in [-0.39, 0.29) is 12.1 Å². The Morgan fingerprint density at radius 2 is 2.40 bits per heavy atom. The number of hydrogen-bond acceptors (Lipinski definition) is 3. The lowest BCUT2D eigenvalue weighted by Crippen LogP contribution is -2.49. The van der Waals surface area contributed by atoms with E-state index in [1.165, 1.54) is 4.90 Å². The minimum atomic E-state index is -0.311. The fraction of sp³-hybridized carbons (Fsp3) is 0.800. The normalized spacial score (nSPS) is 17.8. The van der Waals surface area contributed by atoms with Gasteiger partial charge in [0.2, 0.25) is 0 Å². The molecule has 5 heteroatoms. The largest absolute Gasteiger partial charge is 0.419 e. The summed E-state index contributed by atoms with van der Waals surface area (Å²) in [5, 5.41) is 0. The molecule has 1 heterocycles. The molecule has 0 aliphatic carbocycles. The number of halogens is 1. The van der Waals surface area contributed by atoms with Crippen molar-refractivity contribution < 1.29 is 12.6 Å². The van der Waals surface area contributed by atoms with E-state index in [0.717, 1.165) is 0 Å². The molecule has 1 fully saturated rings. The highest BCUT2D eigenvalue weighted by Gasteiger charge is 2.27. The van der Waals surface area contributed by atoms with Gasteiger partial charge in [0.15, 0.2) is 23.0 Å². The van der Waals surface area contributed by atoms with Gasteiger partial charge in [-0.2, -0.15) is 0 Å². The Kier molecular flexibility index (Phi) is 2.72. The maximum Gasteiger partial charge on any atom is 0.419 e.